The molecule has 0 bridgehead atoms. The van der Waals surface area contributed by atoms with Crippen molar-refractivity contribution >= 4 is 6.03 Å². The number of para-hydroxylation sites is 2. The molecule has 4 aromatic rings. The van der Waals surface area contributed by atoms with Gasteiger partial charge in [-0.25, -0.2) is 4.79 Å². The van der Waals surface area contributed by atoms with Crippen molar-refractivity contribution in [2.24, 2.45) is 0 Å². The van der Waals surface area contributed by atoms with Crippen LogP contribution in [0.1, 0.15) is 22.9 Å². The van der Waals surface area contributed by atoms with E-state index in [1.165, 1.54) is 0 Å². The van der Waals surface area contributed by atoms with Crippen molar-refractivity contribution in [3.05, 3.63) is 126 Å². The quantitative estimate of drug-likeness (QED) is 0.426. The van der Waals surface area contributed by atoms with Crippen molar-refractivity contribution < 1.29 is 9.53 Å². The van der Waals surface area contributed by atoms with E-state index < -0.39 is 0 Å². The maximum atomic E-state index is 12.8. The van der Waals surface area contributed by atoms with Crippen LogP contribution in [-0.4, -0.2) is 11.0 Å². The second kappa shape index (κ2) is 10.1. The van der Waals surface area contributed by atoms with E-state index in [1.54, 1.807) is 6.20 Å². The van der Waals surface area contributed by atoms with E-state index in [2.05, 4.69) is 15.6 Å². The van der Waals surface area contributed by atoms with Crippen LogP contribution in [0.5, 0.6) is 11.5 Å². The van der Waals surface area contributed by atoms with Crippen LogP contribution >= 0.6 is 0 Å². The summed E-state index contributed by atoms with van der Waals surface area (Å²) in [5.74, 6) is 1.46. The number of rotatable bonds is 7. The zero-order valence-electron chi connectivity index (χ0n) is 16.9. The molecule has 0 aliphatic rings. The standard InChI is InChI=1S/C26H23N3O2/c30-26(29-25(20-11-3-1-4-12-20)23-16-9-10-18-27-23)28-19-21-13-7-8-17-24(21)31-22-14-5-2-6-15-22/h1-18,25H,19H2,(H2,28,29,30). The topological polar surface area (TPSA) is 63.2 Å². The van der Waals surface area contributed by atoms with Gasteiger partial charge in [0.2, 0.25) is 0 Å². The second-order valence-electron chi connectivity index (χ2n) is 6.95. The third-order valence-corrected chi connectivity index (χ3v) is 4.77. The molecule has 1 atom stereocenters. The Labute approximate surface area is 181 Å². The van der Waals surface area contributed by atoms with Gasteiger partial charge in [-0.2, -0.15) is 0 Å². The Bertz CT molecular complexity index is 1060. The summed E-state index contributed by atoms with van der Waals surface area (Å²) in [7, 11) is 0. The van der Waals surface area contributed by atoms with Crippen LogP contribution in [0.4, 0.5) is 4.79 Å². The first-order valence-corrected chi connectivity index (χ1v) is 10.1. The number of hydrogen-bond acceptors (Lipinski definition) is 3. The van der Waals surface area contributed by atoms with Gasteiger partial charge in [-0.15, -0.1) is 0 Å². The number of carbonyl (C=O) groups is 1. The Kier molecular flexibility index (Phi) is 6.55. The molecule has 0 saturated heterocycles. The van der Waals surface area contributed by atoms with Crippen molar-refractivity contribution in [1.29, 1.82) is 0 Å². The molecule has 1 unspecified atom stereocenters. The zero-order valence-corrected chi connectivity index (χ0v) is 16.9. The van der Waals surface area contributed by atoms with E-state index in [-0.39, 0.29) is 12.1 Å². The second-order valence-corrected chi connectivity index (χ2v) is 6.95. The highest BCUT2D eigenvalue weighted by Crippen LogP contribution is 2.25. The lowest BCUT2D eigenvalue weighted by Crippen LogP contribution is -2.38. The van der Waals surface area contributed by atoms with Gasteiger partial charge in [-0.05, 0) is 35.9 Å². The van der Waals surface area contributed by atoms with Crippen molar-refractivity contribution in [2.45, 2.75) is 12.6 Å². The zero-order chi connectivity index (χ0) is 21.3. The largest absolute Gasteiger partial charge is 0.457 e. The van der Waals surface area contributed by atoms with Crippen LogP contribution in [0, 0.1) is 0 Å². The lowest BCUT2D eigenvalue weighted by atomic mass is 10.0. The molecule has 0 spiro atoms. The van der Waals surface area contributed by atoms with Crippen molar-refractivity contribution in [3.63, 3.8) is 0 Å². The normalized spacial score (nSPS) is 11.4. The highest BCUT2D eigenvalue weighted by Gasteiger charge is 2.18. The molecule has 0 radical (unpaired) electrons. The molecule has 3 aromatic carbocycles. The van der Waals surface area contributed by atoms with Gasteiger partial charge in [-0.3, -0.25) is 4.98 Å². The van der Waals surface area contributed by atoms with Gasteiger partial charge in [0.25, 0.3) is 0 Å². The summed E-state index contributed by atoms with van der Waals surface area (Å²) in [6.45, 7) is 0.332. The lowest BCUT2D eigenvalue weighted by Gasteiger charge is -2.19. The molecular formula is C26H23N3O2. The van der Waals surface area contributed by atoms with E-state index >= 15 is 0 Å². The number of pyridine rings is 1. The summed E-state index contributed by atoms with van der Waals surface area (Å²) in [6.07, 6.45) is 1.72. The molecule has 0 fully saturated rings. The summed E-state index contributed by atoms with van der Waals surface area (Å²) in [5, 5.41) is 5.97. The highest BCUT2D eigenvalue weighted by molar-refractivity contribution is 5.75. The fourth-order valence-electron chi connectivity index (χ4n) is 3.24. The number of benzene rings is 3. The van der Waals surface area contributed by atoms with Crippen LogP contribution in [0.25, 0.3) is 0 Å². The number of urea groups is 1. The molecule has 0 aliphatic carbocycles. The number of carbonyl (C=O) groups excluding carboxylic acids is 1. The van der Waals surface area contributed by atoms with Crippen molar-refractivity contribution in [2.75, 3.05) is 0 Å². The van der Waals surface area contributed by atoms with Gasteiger partial charge >= 0.3 is 6.03 Å². The van der Waals surface area contributed by atoms with Gasteiger partial charge in [0.1, 0.15) is 11.5 Å². The van der Waals surface area contributed by atoms with Crippen LogP contribution in [0.2, 0.25) is 0 Å². The molecule has 0 aliphatic heterocycles. The number of nitrogens with one attached hydrogen (secondary N) is 2. The Hall–Kier alpha value is -4.12. The first kappa shape index (κ1) is 20.2. The highest BCUT2D eigenvalue weighted by atomic mass is 16.5. The smallest absolute Gasteiger partial charge is 0.315 e. The molecule has 0 saturated carbocycles. The van der Waals surface area contributed by atoms with Crippen LogP contribution in [-0.2, 0) is 6.54 Å². The van der Waals surface area contributed by atoms with Crippen LogP contribution in [0.15, 0.2) is 109 Å². The van der Waals surface area contributed by atoms with Gasteiger partial charge < -0.3 is 15.4 Å². The molecule has 1 heterocycles. The van der Waals surface area contributed by atoms with Crippen molar-refractivity contribution in [1.82, 2.24) is 15.6 Å². The molecular weight excluding hydrogens is 386 g/mol. The van der Waals surface area contributed by atoms with Crippen molar-refractivity contribution in [3.8, 4) is 11.5 Å². The minimum atomic E-state index is -0.349. The predicted octanol–water partition coefficient (Wildman–Crippen LogP) is 5.46. The molecule has 1 aromatic heterocycles. The number of aromatic nitrogens is 1. The van der Waals surface area contributed by atoms with E-state index in [9.17, 15) is 4.79 Å². The third kappa shape index (κ3) is 5.48. The number of ether oxygens (including phenoxy) is 1. The molecule has 2 N–H and O–H groups in total. The average Bonchev–Trinajstić information content (AvgIpc) is 2.84. The fourth-order valence-corrected chi connectivity index (χ4v) is 3.24. The minimum absolute atomic E-state index is 0.283. The van der Waals surface area contributed by atoms with Crippen LogP contribution in [0.3, 0.4) is 0 Å². The molecule has 154 valence electrons. The van der Waals surface area contributed by atoms with Gasteiger partial charge in [0.15, 0.2) is 0 Å². The first-order valence-electron chi connectivity index (χ1n) is 10.1. The molecule has 4 rings (SSSR count). The SMILES string of the molecule is O=C(NCc1ccccc1Oc1ccccc1)NC(c1ccccc1)c1ccccn1. The van der Waals surface area contributed by atoms with Crippen LogP contribution < -0.4 is 15.4 Å². The summed E-state index contributed by atoms with van der Waals surface area (Å²) >= 11 is 0. The number of amides is 2. The lowest BCUT2D eigenvalue weighted by molar-refractivity contribution is 0.238. The minimum Gasteiger partial charge on any atom is -0.457 e. The summed E-state index contributed by atoms with van der Waals surface area (Å²) in [5.41, 5.74) is 2.62. The summed E-state index contributed by atoms with van der Waals surface area (Å²) in [6, 6.07) is 32.1. The first-order chi connectivity index (χ1) is 15.3. The predicted molar refractivity (Wildman–Crippen MR) is 121 cm³/mol. The summed E-state index contributed by atoms with van der Waals surface area (Å²) in [4.78, 5) is 17.2. The molecule has 5 heteroatoms. The van der Waals surface area contributed by atoms with Gasteiger partial charge in [0.05, 0.1) is 11.7 Å². The molecule has 31 heavy (non-hydrogen) atoms. The van der Waals surface area contributed by atoms with E-state index in [4.69, 9.17) is 4.74 Å². The van der Waals surface area contributed by atoms with E-state index in [1.807, 2.05) is 103 Å². The van der Waals surface area contributed by atoms with E-state index in [0.717, 1.165) is 22.6 Å². The van der Waals surface area contributed by atoms with Gasteiger partial charge in [-0.1, -0.05) is 72.8 Å². The Morgan fingerprint density at radius 1 is 0.806 bits per heavy atom. The number of hydrogen-bond donors (Lipinski definition) is 2. The Morgan fingerprint density at radius 3 is 2.23 bits per heavy atom. The molecule has 2 amide bonds. The maximum absolute atomic E-state index is 12.8. The number of nitrogens with zero attached hydrogens (tertiary/aromatic N) is 1. The molecule has 5 nitrogen and oxygen atoms in total. The third-order valence-electron chi connectivity index (χ3n) is 4.77. The fraction of sp³-hybridized carbons (Fsp3) is 0.0769. The average molecular weight is 409 g/mol. The van der Waals surface area contributed by atoms with Gasteiger partial charge in [0, 0.05) is 18.3 Å². The Morgan fingerprint density at radius 2 is 1.48 bits per heavy atom. The summed E-state index contributed by atoms with van der Waals surface area (Å²) < 4.78 is 5.98. The monoisotopic (exact) mass is 409 g/mol. The Balaban J connectivity index is 1.45. The van der Waals surface area contributed by atoms with E-state index in [0.29, 0.717) is 12.3 Å². The maximum Gasteiger partial charge on any atom is 0.315 e.